The number of thioether (sulfide) groups is 1. The van der Waals surface area contributed by atoms with Crippen molar-refractivity contribution in [3.05, 3.63) is 23.8 Å². The Hall–Kier alpha value is -1.67. The highest BCUT2D eigenvalue weighted by molar-refractivity contribution is 7.98. The topological polar surface area (TPSA) is 78.9 Å². The Bertz CT molecular complexity index is 477. The molecule has 1 aromatic rings. The number of hydrogen-bond acceptors (Lipinski definition) is 4. The highest BCUT2D eigenvalue weighted by Crippen LogP contribution is 2.28. The van der Waals surface area contributed by atoms with Crippen molar-refractivity contribution in [1.82, 2.24) is 0 Å². The molecule has 0 heterocycles. The summed E-state index contributed by atoms with van der Waals surface area (Å²) in [5.41, 5.74) is 5.57. The van der Waals surface area contributed by atoms with E-state index in [0.717, 1.165) is 4.90 Å². The molecule has 0 saturated heterocycles. The summed E-state index contributed by atoms with van der Waals surface area (Å²) in [5, 5.41) is 12.1. The summed E-state index contributed by atoms with van der Waals surface area (Å²) in [5.74, 6) is -0.462. The highest BCUT2D eigenvalue weighted by atomic mass is 32.2. The van der Waals surface area contributed by atoms with Gasteiger partial charge in [-0.25, -0.2) is 0 Å². The largest absolute Gasteiger partial charge is 0.371 e. The Balaban J connectivity index is 3.16. The lowest BCUT2D eigenvalue weighted by atomic mass is 10.0. The van der Waals surface area contributed by atoms with Crippen LogP contribution in [0.3, 0.4) is 0 Å². The summed E-state index contributed by atoms with van der Waals surface area (Å²) >= 11 is 1.49. The fourth-order valence-electron chi connectivity index (χ4n) is 1.32. The lowest BCUT2D eigenvalue weighted by Crippen LogP contribution is -2.45. The molecule has 0 radical (unpaired) electrons. The molecule has 0 fully saturated rings. The van der Waals surface area contributed by atoms with Gasteiger partial charge in [0.15, 0.2) is 0 Å². The summed E-state index contributed by atoms with van der Waals surface area (Å²) in [4.78, 5) is 12.1. The van der Waals surface area contributed by atoms with Crippen LogP contribution in [-0.2, 0) is 4.79 Å². The first kappa shape index (κ1) is 13.4. The lowest BCUT2D eigenvalue weighted by molar-refractivity contribution is -0.121. The van der Waals surface area contributed by atoms with E-state index < -0.39 is 11.4 Å². The maximum absolute atomic E-state index is 11.3. The van der Waals surface area contributed by atoms with Crippen LogP contribution < -0.4 is 11.1 Å². The summed E-state index contributed by atoms with van der Waals surface area (Å²) in [7, 11) is 0. The summed E-state index contributed by atoms with van der Waals surface area (Å²) in [6, 6.07) is 7.61. The Kier molecular flexibility index (Phi) is 4.02. The predicted octanol–water partition coefficient (Wildman–Crippen LogP) is 1.96. The Morgan fingerprint density at radius 1 is 1.53 bits per heavy atom. The highest BCUT2D eigenvalue weighted by Gasteiger charge is 2.25. The molecule has 5 heteroatoms. The third-order valence-electron chi connectivity index (χ3n) is 2.42. The van der Waals surface area contributed by atoms with Crippen molar-refractivity contribution in [1.29, 1.82) is 5.26 Å². The number of nitrogens with zero attached hydrogens (tertiary/aromatic N) is 1. The van der Waals surface area contributed by atoms with Crippen molar-refractivity contribution < 1.29 is 4.79 Å². The van der Waals surface area contributed by atoms with Gasteiger partial charge in [0.05, 0.1) is 11.3 Å². The van der Waals surface area contributed by atoms with Gasteiger partial charge in [0.2, 0.25) is 5.91 Å². The second-order valence-electron chi connectivity index (χ2n) is 4.11. The molecule has 0 aliphatic carbocycles. The van der Waals surface area contributed by atoms with Gasteiger partial charge < -0.3 is 11.1 Å². The number of carbonyl (C=O) groups is 1. The first-order valence-electron chi connectivity index (χ1n) is 5.07. The fourth-order valence-corrected chi connectivity index (χ4v) is 1.89. The number of carbonyl (C=O) groups excluding carboxylic acids is 1. The van der Waals surface area contributed by atoms with Gasteiger partial charge in [-0.1, -0.05) is 6.07 Å². The normalized spacial score (nSPS) is 10.7. The molecule has 90 valence electrons. The van der Waals surface area contributed by atoms with Crippen LogP contribution in [0.15, 0.2) is 23.1 Å². The number of nitriles is 1. The minimum Gasteiger partial charge on any atom is -0.371 e. The van der Waals surface area contributed by atoms with E-state index in [4.69, 9.17) is 11.0 Å². The van der Waals surface area contributed by atoms with Crippen LogP contribution in [0.1, 0.15) is 19.4 Å². The standard InChI is InChI=1S/C12H15N3OS/c1-12(2,11(14)16)15-9-5-4-6-10(17-3)8(9)7-13/h4-6,15H,1-3H3,(H2,14,16). The molecule has 0 aromatic heterocycles. The molecule has 0 unspecified atom stereocenters. The maximum atomic E-state index is 11.3. The van der Waals surface area contributed by atoms with E-state index in [9.17, 15) is 4.79 Å². The molecular formula is C12H15N3OS. The summed E-state index contributed by atoms with van der Waals surface area (Å²) in [6.45, 7) is 3.37. The van der Waals surface area contributed by atoms with E-state index >= 15 is 0 Å². The molecule has 0 aliphatic rings. The minimum atomic E-state index is -0.886. The molecular weight excluding hydrogens is 234 g/mol. The molecule has 1 amide bonds. The summed E-state index contributed by atoms with van der Waals surface area (Å²) in [6.07, 6.45) is 1.90. The Labute approximate surface area is 105 Å². The van der Waals surface area contributed by atoms with E-state index in [1.807, 2.05) is 18.4 Å². The Morgan fingerprint density at radius 3 is 2.65 bits per heavy atom. The second kappa shape index (κ2) is 5.11. The molecule has 0 spiro atoms. The number of nitrogens with one attached hydrogen (secondary N) is 1. The molecule has 1 aromatic carbocycles. The average Bonchev–Trinajstić information content (AvgIpc) is 2.27. The van der Waals surface area contributed by atoms with Crippen molar-refractivity contribution in [3.8, 4) is 6.07 Å². The van der Waals surface area contributed by atoms with E-state index in [1.165, 1.54) is 11.8 Å². The third-order valence-corrected chi connectivity index (χ3v) is 3.20. The van der Waals surface area contributed by atoms with Crippen LogP contribution in [0.2, 0.25) is 0 Å². The van der Waals surface area contributed by atoms with E-state index in [2.05, 4.69) is 11.4 Å². The molecule has 0 atom stereocenters. The number of anilines is 1. The van der Waals surface area contributed by atoms with Gasteiger partial charge in [0.1, 0.15) is 11.6 Å². The van der Waals surface area contributed by atoms with E-state index in [1.54, 1.807) is 19.9 Å². The van der Waals surface area contributed by atoms with Crippen LogP contribution in [-0.4, -0.2) is 17.7 Å². The van der Waals surface area contributed by atoms with Crippen LogP contribution in [0.5, 0.6) is 0 Å². The summed E-state index contributed by atoms with van der Waals surface area (Å²) < 4.78 is 0. The van der Waals surface area contributed by atoms with Gasteiger partial charge in [-0.3, -0.25) is 4.79 Å². The molecule has 1 rings (SSSR count). The molecule has 0 aliphatic heterocycles. The van der Waals surface area contributed by atoms with Gasteiger partial charge in [-0.05, 0) is 32.2 Å². The van der Waals surface area contributed by atoms with Crippen molar-refractivity contribution in [2.75, 3.05) is 11.6 Å². The Morgan fingerprint density at radius 2 is 2.18 bits per heavy atom. The van der Waals surface area contributed by atoms with Crippen LogP contribution in [0, 0.1) is 11.3 Å². The van der Waals surface area contributed by atoms with Gasteiger partial charge in [0, 0.05) is 4.90 Å². The zero-order valence-corrected chi connectivity index (χ0v) is 10.9. The smallest absolute Gasteiger partial charge is 0.242 e. The zero-order valence-electron chi connectivity index (χ0n) is 10.1. The minimum absolute atomic E-state index is 0.462. The van der Waals surface area contributed by atoms with Crippen LogP contribution >= 0.6 is 11.8 Å². The number of rotatable bonds is 4. The molecule has 0 bridgehead atoms. The van der Waals surface area contributed by atoms with Crippen molar-refractivity contribution >= 4 is 23.4 Å². The molecule has 0 saturated carbocycles. The fraction of sp³-hybridized carbons (Fsp3) is 0.333. The lowest BCUT2D eigenvalue weighted by Gasteiger charge is -2.24. The van der Waals surface area contributed by atoms with Crippen molar-refractivity contribution in [2.24, 2.45) is 5.73 Å². The van der Waals surface area contributed by atoms with Gasteiger partial charge in [-0.2, -0.15) is 5.26 Å². The van der Waals surface area contributed by atoms with E-state index in [0.29, 0.717) is 11.3 Å². The SMILES string of the molecule is CSc1cccc(NC(C)(C)C(N)=O)c1C#N. The van der Waals surface area contributed by atoms with Gasteiger partial charge >= 0.3 is 0 Å². The molecule has 4 nitrogen and oxygen atoms in total. The first-order chi connectivity index (χ1) is 7.92. The number of amides is 1. The van der Waals surface area contributed by atoms with E-state index in [-0.39, 0.29) is 0 Å². The first-order valence-corrected chi connectivity index (χ1v) is 6.30. The quantitative estimate of drug-likeness (QED) is 0.799. The molecule has 3 N–H and O–H groups in total. The number of benzene rings is 1. The van der Waals surface area contributed by atoms with Gasteiger partial charge in [-0.15, -0.1) is 11.8 Å². The number of hydrogen-bond donors (Lipinski definition) is 2. The van der Waals surface area contributed by atoms with Crippen LogP contribution in [0.4, 0.5) is 5.69 Å². The van der Waals surface area contributed by atoms with Gasteiger partial charge in [0.25, 0.3) is 0 Å². The monoisotopic (exact) mass is 249 g/mol. The maximum Gasteiger partial charge on any atom is 0.242 e. The average molecular weight is 249 g/mol. The predicted molar refractivity (Wildman–Crippen MR) is 69.8 cm³/mol. The van der Waals surface area contributed by atoms with Crippen molar-refractivity contribution in [3.63, 3.8) is 0 Å². The zero-order chi connectivity index (χ0) is 13.1. The number of nitrogens with two attached hydrogens (primary N) is 1. The number of primary amides is 1. The third kappa shape index (κ3) is 2.92. The van der Waals surface area contributed by atoms with Crippen LogP contribution in [0.25, 0.3) is 0 Å². The van der Waals surface area contributed by atoms with Crippen molar-refractivity contribution in [2.45, 2.75) is 24.3 Å². The second-order valence-corrected chi connectivity index (χ2v) is 4.96. The molecule has 17 heavy (non-hydrogen) atoms.